The summed E-state index contributed by atoms with van der Waals surface area (Å²) in [6, 6.07) is 19.7. The summed E-state index contributed by atoms with van der Waals surface area (Å²) >= 11 is 0. The molecule has 0 saturated heterocycles. The van der Waals surface area contributed by atoms with Crippen LogP contribution in [0.15, 0.2) is 78.6 Å². The maximum absolute atomic E-state index is 12.2. The second-order valence-corrected chi connectivity index (χ2v) is 5.20. The Balaban J connectivity index is 1.98. The largest absolute Gasteiger partial charge is 0.464 e. The molecule has 0 fully saturated rings. The maximum Gasteiger partial charge on any atom is 0.338 e. The van der Waals surface area contributed by atoms with E-state index in [4.69, 9.17) is 9.47 Å². The van der Waals surface area contributed by atoms with Crippen molar-refractivity contribution in [1.82, 2.24) is 0 Å². The number of ether oxygens (including phenoxy) is 2. The molecule has 3 nitrogen and oxygen atoms in total. The Labute approximate surface area is 135 Å². The zero-order chi connectivity index (χ0) is 16.1. The van der Waals surface area contributed by atoms with Gasteiger partial charge in [0.2, 0.25) is 0 Å². The minimum Gasteiger partial charge on any atom is -0.464 e. The first-order chi connectivity index (χ1) is 11.3. The topological polar surface area (TPSA) is 35.5 Å². The van der Waals surface area contributed by atoms with E-state index in [1.165, 1.54) is 6.26 Å². The van der Waals surface area contributed by atoms with Crippen LogP contribution in [-0.4, -0.2) is 12.6 Å². The highest BCUT2D eigenvalue weighted by Crippen LogP contribution is 2.35. The number of hydrogen-bond donors (Lipinski definition) is 0. The van der Waals surface area contributed by atoms with Gasteiger partial charge in [-0.05, 0) is 18.6 Å². The van der Waals surface area contributed by atoms with E-state index in [1.807, 2.05) is 66.7 Å². The lowest BCUT2D eigenvalue weighted by Crippen LogP contribution is -2.17. The van der Waals surface area contributed by atoms with E-state index in [0.29, 0.717) is 12.2 Å². The fourth-order valence-electron chi connectivity index (χ4n) is 2.57. The zero-order valence-electron chi connectivity index (χ0n) is 12.9. The van der Waals surface area contributed by atoms with Crippen molar-refractivity contribution in [3.63, 3.8) is 0 Å². The molecule has 0 aliphatic carbocycles. The van der Waals surface area contributed by atoms with Crippen LogP contribution < -0.4 is 0 Å². The first kappa shape index (κ1) is 15.1. The lowest BCUT2D eigenvalue weighted by Gasteiger charge is -2.22. The van der Waals surface area contributed by atoms with Crippen molar-refractivity contribution in [2.24, 2.45) is 0 Å². The van der Waals surface area contributed by atoms with Gasteiger partial charge < -0.3 is 9.47 Å². The molecule has 1 aliphatic heterocycles. The molecule has 23 heavy (non-hydrogen) atoms. The molecule has 116 valence electrons. The Hall–Kier alpha value is -2.81. The van der Waals surface area contributed by atoms with Crippen LogP contribution in [0.5, 0.6) is 0 Å². The molecule has 0 bridgehead atoms. The highest BCUT2D eigenvalue weighted by Gasteiger charge is 2.27. The number of carbonyl (C=O) groups is 1. The van der Waals surface area contributed by atoms with Crippen LogP contribution in [0.2, 0.25) is 0 Å². The van der Waals surface area contributed by atoms with Crippen LogP contribution >= 0.6 is 0 Å². The predicted octanol–water partition coefficient (Wildman–Crippen LogP) is 4.29. The third-order valence-electron chi connectivity index (χ3n) is 3.69. The Morgan fingerprint density at radius 1 is 1.04 bits per heavy atom. The average molecular weight is 306 g/mol. The zero-order valence-corrected chi connectivity index (χ0v) is 12.9. The summed E-state index contributed by atoms with van der Waals surface area (Å²) in [5, 5.41) is 0. The minimum absolute atomic E-state index is 0.181. The number of esters is 1. The molecule has 0 spiro atoms. The molecule has 2 aromatic rings. The Morgan fingerprint density at radius 2 is 1.70 bits per heavy atom. The minimum atomic E-state index is -0.343. The van der Waals surface area contributed by atoms with Gasteiger partial charge in [0, 0.05) is 11.5 Å². The molecule has 0 radical (unpaired) electrons. The van der Waals surface area contributed by atoms with Crippen LogP contribution in [0, 0.1) is 0 Å². The van der Waals surface area contributed by atoms with Crippen LogP contribution in [0.25, 0.3) is 5.76 Å². The summed E-state index contributed by atoms with van der Waals surface area (Å²) in [4.78, 5) is 12.2. The van der Waals surface area contributed by atoms with Gasteiger partial charge in [0.25, 0.3) is 0 Å². The van der Waals surface area contributed by atoms with Crippen LogP contribution in [0.4, 0.5) is 0 Å². The monoisotopic (exact) mass is 306 g/mol. The number of benzene rings is 2. The van der Waals surface area contributed by atoms with E-state index in [9.17, 15) is 4.79 Å². The fraction of sp³-hybridized carbons (Fsp3) is 0.150. The van der Waals surface area contributed by atoms with Gasteiger partial charge in [-0.2, -0.15) is 0 Å². The molecule has 0 saturated carbocycles. The number of hydrogen-bond acceptors (Lipinski definition) is 3. The van der Waals surface area contributed by atoms with Gasteiger partial charge in [0.15, 0.2) is 0 Å². The van der Waals surface area contributed by atoms with Crippen LogP contribution in [-0.2, 0) is 14.3 Å². The van der Waals surface area contributed by atoms with Crippen molar-refractivity contribution < 1.29 is 14.3 Å². The van der Waals surface area contributed by atoms with Crippen molar-refractivity contribution in [3.05, 3.63) is 89.7 Å². The molecule has 3 rings (SSSR count). The van der Waals surface area contributed by atoms with E-state index < -0.39 is 0 Å². The molecular weight excluding hydrogens is 288 g/mol. The molecule has 0 aromatic heterocycles. The summed E-state index contributed by atoms with van der Waals surface area (Å²) in [6.45, 7) is 2.14. The maximum atomic E-state index is 12.2. The number of rotatable bonds is 4. The van der Waals surface area contributed by atoms with Gasteiger partial charge in [0.05, 0.1) is 12.2 Å². The van der Waals surface area contributed by atoms with Crippen molar-refractivity contribution in [1.29, 1.82) is 0 Å². The SMILES string of the molecule is CCOC(=O)C1=COC(c2ccccc2)=CC1c1ccccc1. The van der Waals surface area contributed by atoms with E-state index in [-0.39, 0.29) is 11.9 Å². The van der Waals surface area contributed by atoms with Crippen LogP contribution in [0.3, 0.4) is 0 Å². The van der Waals surface area contributed by atoms with E-state index in [0.717, 1.165) is 16.9 Å². The van der Waals surface area contributed by atoms with Gasteiger partial charge in [-0.3, -0.25) is 0 Å². The summed E-state index contributed by atoms with van der Waals surface area (Å²) in [6.07, 6.45) is 3.48. The molecule has 1 atom stereocenters. The Morgan fingerprint density at radius 3 is 2.35 bits per heavy atom. The number of allylic oxidation sites excluding steroid dienone is 1. The molecule has 2 aromatic carbocycles. The smallest absolute Gasteiger partial charge is 0.338 e. The first-order valence-electron chi connectivity index (χ1n) is 7.65. The molecule has 1 aliphatic rings. The molecule has 1 unspecified atom stereocenters. The molecular formula is C20H18O3. The summed E-state index contributed by atoms with van der Waals surface area (Å²) in [5.74, 6) is 0.219. The van der Waals surface area contributed by atoms with E-state index in [1.54, 1.807) is 6.92 Å². The van der Waals surface area contributed by atoms with Crippen molar-refractivity contribution in [2.75, 3.05) is 6.61 Å². The Kier molecular flexibility index (Phi) is 4.57. The van der Waals surface area contributed by atoms with Gasteiger partial charge in [-0.25, -0.2) is 4.79 Å². The van der Waals surface area contributed by atoms with Gasteiger partial charge >= 0.3 is 5.97 Å². The predicted molar refractivity (Wildman–Crippen MR) is 89.4 cm³/mol. The highest BCUT2D eigenvalue weighted by molar-refractivity contribution is 5.91. The first-order valence-corrected chi connectivity index (χ1v) is 7.65. The van der Waals surface area contributed by atoms with Crippen molar-refractivity contribution in [3.8, 4) is 0 Å². The van der Waals surface area contributed by atoms with Crippen molar-refractivity contribution in [2.45, 2.75) is 12.8 Å². The van der Waals surface area contributed by atoms with E-state index in [2.05, 4.69) is 0 Å². The van der Waals surface area contributed by atoms with Crippen LogP contribution in [0.1, 0.15) is 24.0 Å². The Bertz CT molecular complexity index is 730. The highest BCUT2D eigenvalue weighted by atomic mass is 16.5. The second kappa shape index (κ2) is 6.97. The molecule has 0 amide bonds. The molecule has 1 heterocycles. The third kappa shape index (κ3) is 3.34. The van der Waals surface area contributed by atoms with Gasteiger partial charge in [-0.1, -0.05) is 60.7 Å². The fourth-order valence-corrected chi connectivity index (χ4v) is 2.57. The van der Waals surface area contributed by atoms with Gasteiger partial charge in [-0.15, -0.1) is 0 Å². The van der Waals surface area contributed by atoms with Crippen molar-refractivity contribution >= 4 is 11.7 Å². The van der Waals surface area contributed by atoms with Gasteiger partial charge in [0.1, 0.15) is 12.0 Å². The standard InChI is InChI=1S/C20H18O3/c1-2-22-20(21)18-14-23-19(16-11-7-4-8-12-16)13-17(18)15-9-5-3-6-10-15/h3-14,17H,2H2,1H3. The summed E-state index contributed by atoms with van der Waals surface area (Å²) < 4.78 is 10.9. The third-order valence-corrected chi connectivity index (χ3v) is 3.69. The lowest BCUT2D eigenvalue weighted by molar-refractivity contribution is -0.138. The lowest BCUT2D eigenvalue weighted by atomic mass is 9.89. The summed E-state index contributed by atoms with van der Waals surface area (Å²) in [5.41, 5.74) is 2.52. The molecule has 3 heteroatoms. The van der Waals surface area contributed by atoms with E-state index >= 15 is 0 Å². The average Bonchev–Trinajstić information content (AvgIpc) is 2.63. The summed E-state index contributed by atoms with van der Waals surface area (Å²) in [7, 11) is 0. The quantitative estimate of drug-likeness (QED) is 0.791. The molecule has 0 N–H and O–H groups in total. The normalized spacial score (nSPS) is 16.8. The second-order valence-electron chi connectivity index (χ2n) is 5.20. The number of carbonyl (C=O) groups excluding carboxylic acids is 1.